The molecule has 2 fully saturated rings. The van der Waals surface area contributed by atoms with Crippen molar-refractivity contribution in [2.75, 3.05) is 33.4 Å². The molecular weight excluding hydrogens is 316 g/mol. The molecule has 6 heteroatoms. The van der Waals surface area contributed by atoms with E-state index in [2.05, 4.69) is 40.4 Å². The van der Waals surface area contributed by atoms with E-state index in [0.717, 1.165) is 49.0 Å². The Balaban J connectivity index is 1.49. The van der Waals surface area contributed by atoms with Crippen molar-refractivity contribution in [3.63, 3.8) is 0 Å². The number of hydrogen-bond donors (Lipinski definition) is 1. The summed E-state index contributed by atoms with van der Waals surface area (Å²) in [6.07, 6.45) is 4.12. The molecule has 0 saturated carbocycles. The number of benzene rings is 1. The number of nitrogens with zero attached hydrogens (tertiary/aromatic N) is 3. The number of nitrogens with one attached hydrogen (secondary N) is 1. The van der Waals surface area contributed by atoms with Crippen molar-refractivity contribution in [2.45, 2.75) is 24.9 Å². The fourth-order valence-electron chi connectivity index (χ4n) is 4.42. The summed E-state index contributed by atoms with van der Waals surface area (Å²) in [6.45, 7) is 3.20. The highest BCUT2D eigenvalue weighted by Gasteiger charge is 2.44. The van der Waals surface area contributed by atoms with E-state index in [1.54, 1.807) is 0 Å². The van der Waals surface area contributed by atoms with Gasteiger partial charge in [-0.2, -0.15) is 5.10 Å². The van der Waals surface area contributed by atoms with Crippen LogP contribution < -0.4 is 0 Å². The Hall–Kier alpha value is -2.18. The molecule has 1 aromatic heterocycles. The van der Waals surface area contributed by atoms with Crippen molar-refractivity contribution in [3.8, 4) is 0 Å². The Morgan fingerprint density at radius 2 is 2.24 bits per heavy atom. The third-order valence-electron chi connectivity index (χ3n) is 5.87. The third kappa shape index (κ3) is 2.40. The van der Waals surface area contributed by atoms with E-state index >= 15 is 0 Å². The summed E-state index contributed by atoms with van der Waals surface area (Å²) in [5.74, 6) is 0.0601. The van der Waals surface area contributed by atoms with Crippen LogP contribution in [0.4, 0.5) is 0 Å². The molecule has 1 aromatic carbocycles. The smallest absolute Gasteiger partial charge is 0.275 e. The number of fused-ring (bicyclic) bond motifs is 3. The maximum absolute atomic E-state index is 13.1. The Morgan fingerprint density at radius 3 is 2.96 bits per heavy atom. The normalized spacial score (nSPS) is 26.4. The van der Waals surface area contributed by atoms with Gasteiger partial charge in [0.2, 0.25) is 0 Å². The summed E-state index contributed by atoms with van der Waals surface area (Å²) < 4.78 is 5.40. The lowest BCUT2D eigenvalue weighted by Gasteiger charge is -2.31. The van der Waals surface area contributed by atoms with Gasteiger partial charge in [-0.25, -0.2) is 0 Å². The Kier molecular flexibility index (Phi) is 3.43. The first kappa shape index (κ1) is 15.1. The number of rotatable bonds is 2. The summed E-state index contributed by atoms with van der Waals surface area (Å²) in [6, 6.07) is 7.05. The van der Waals surface area contributed by atoms with E-state index in [-0.39, 0.29) is 5.91 Å². The quantitative estimate of drug-likeness (QED) is 0.908. The Labute approximate surface area is 146 Å². The molecule has 2 atom stereocenters. The van der Waals surface area contributed by atoms with E-state index < -0.39 is 0 Å². The van der Waals surface area contributed by atoms with Gasteiger partial charge < -0.3 is 9.64 Å². The van der Waals surface area contributed by atoms with Crippen molar-refractivity contribution >= 4 is 22.4 Å². The standard InChI is InChI=1S/C19H22N4O2/c1-22-10-15-9-14(22)11-23(15)19(24)18-16-8-13(2-3-17(16)20-21-18)12-4-6-25-7-5-12/h2-4,8,14-15H,5-7,9-11H2,1H3,(H,20,21)/t14-,15?/m0/s1. The fraction of sp³-hybridized carbons (Fsp3) is 0.474. The monoisotopic (exact) mass is 338 g/mol. The minimum Gasteiger partial charge on any atom is -0.377 e. The van der Waals surface area contributed by atoms with Crippen molar-refractivity contribution in [1.29, 1.82) is 0 Å². The molecule has 0 aliphatic carbocycles. The lowest BCUT2D eigenvalue weighted by atomic mass is 9.99. The molecule has 1 N–H and O–H groups in total. The van der Waals surface area contributed by atoms with Gasteiger partial charge in [0.15, 0.2) is 5.69 Å². The van der Waals surface area contributed by atoms with E-state index in [1.165, 1.54) is 5.57 Å². The Morgan fingerprint density at radius 1 is 1.32 bits per heavy atom. The van der Waals surface area contributed by atoms with Crippen LogP contribution in [-0.4, -0.2) is 71.3 Å². The topological polar surface area (TPSA) is 61.5 Å². The van der Waals surface area contributed by atoms with Crippen LogP contribution in [0.25, 0.3) is 16.5 Å². The summed E-state index contributed by atoms with van der Waals surface area (Å²) >= 11 is 0. The predicted octanol–water partition coefficient (Wildman–Crippen LogP) is 1.90. The molecule has 25 heavy (non-hydrogen) atoms. The highest BCUT2D eigenvalue weighted by Crippen LogP contribution is 2.32. The van der Waals surface area contributed by atoms with Gasteiger partial charge in [0.1, 0.15) is 0 Å². The fourth-order valence-corrected chi connectivity index (χ4v) is 4.42. The number of piperazine rings is 1. The number of carbonyl (C=O) groups excluding carboxylic acids is 1. The molecule has 3 aliphatic rings. The molecule has 130 valence electrons. The lowest BCUT2D eigenvalue weighted by Crippen LogP contribution is -2.47. The minimum atomic E-state index is 0.0601. The van der Waals surface area contributed by atoms with Crippen LogP contribution in [-0.2, 0) is 4.74 Å². The molecule has 5 rings (SSSR count). The molecule has 1 amide bonds. The van der Waals surface area contributed by atoms with Gasteiger partial charge in [0, 0.05) is 30.6 Å². The number of H-pyrrole nitrogens is 1. The lowest BCUT2D eigenvalue weighted by molar-refractivity contribution is 0.0646. The summed E-state index contributed by atoms with van der Waals surface area (Å²) in [4.78, 5) is 17.5. The van der Waals surface area contributed by atoms with Crippen LogP contribution in [0.2, 0.25) is 0 Å². The van der Waals surface area contributed by atoms with Gasteiger partial charge in [-0.1, -0.05) is 12.1 Å². The average Bonchev–Trinajstić information content (AvgIpc) is 3.34. The molecular formula is C19H22N4O2. The molecule has 0 spiro atoms. The van der Waals surface area contributed by atoms with Gasteiger partial charge in [0.05, 0.1) is 18.7 Å². The minimum absolute atomic E-state index is 0.0601. The predicted molar refractivity (Wildman–Crippen MR) is 95.4 cm³/mol. The van der Waals surface area contributed by atoms with Crippen molar-refractivity contribution in [2.24, 2.45) is 0 Å². The number of amides is 1. The Bertz CT molecular complexity index is 869. The second kappa shape index (κ2) is 5.68. The van der Waals surface area contributed by atoms with Crippen molar-refractivity contribution in [1.82, 2.24) is 20.0 Å². The van der Waals surface area contributed by atoms with Crippen LogP contribution in [0, 0.1) is 0 Å². The number of hydrogen-bond acceptors (Lipinski definition) is 4. The zero-order valence-electron chi connectivity index (χ0n) is 14.4. The number of aromatic nitrogens is 2. The van der Waals surface area contributed by atoms with E-state index in [1.807, 2.05) is 11.0 Å². The largest absolute Gasteiger partial charge is 0.377 e. The summed E-state index contributed by atoms with van der Waals surface area (Å²) in [5, 5.41) is 8.30. The highest BCUT2D eigenvalue weighted by atomic mass is 16.5. The SMILES string of the molecule is CN1CC2C[C@H]1CN2C(=O)c1n[nH]c2ccc(C3=CCOCC3)cc12. The molecule has 6 nitrogen and oxygen atoms in total. The zero-order valence-corrected chi connectivity index (χ0v) is 14.4. The molecule has 4 heterocycles. The number of carbonyl (C=O) groups is 1. The van der Waals surface area contributed by atoms with Gasteiger partial charge in [0.25, 0.3) is 5.91 Å². The van der Waals surface area contributed by atoms with Gasteiger partial charge in [-0.05, 0) is 43.2 Å². The second-order valence-electron chi connectivity index (χ2n) is 7.33. The molecule has 0 radical (unpaired) electrons. The number of aromatic amines is 1. The van der Waals surface area contributed by atoms with Gasteiger partial charge in [-0.15, -0.1) is 0 Å². The van der Waals surface area contributed by atoms with Crippen LogP contribution in [0.3, 0.4) is 0 Å². The molecule has 1 unspecified atom stereocenters. The molecule has 3 aliphatic heterocycles. The van der Waals surface area contributed by atoms with E-state index in [0.29, 0.717) is 24.4 Å². The van der Waals surface area contributed by atoms with Crippen LogP contribution in [0.5, 0.6) is 0 Å². The van der Waals surface area contributed by atoms with Crippen LogP contribution in [0.15, 0.2) is 24.3 Å². The number of likely N-dealkylation sites (tertiary alicyclic amines) is 2. The molecule has 2 aromatic rings. The number of ether oxygens (including phenoxy) is 1. The van der Waals surface area contributed by atoms with Crippen LogP contribution >= 0.6 is 0 Å². The average molecular weight is 338 g/mol. The van der Waals surface area contributed by atoms with E-state index in [4.69, 9.17) is 4.74 Å². The zero-order chi connectivity index (χ0) is 17.0. The summed E-state index contributed by atoms with van der Waals surface area (Å²) in [7, 11) is 2.14. The van der Waals surface area contributed by atoms with E-state index in [9.17, 15) is 4.79 Å². The highest BCUT2D eigenvalue weighted by molar-refractivity contribution is 6.05. The van der Waals surface area contributed by atoms with Crippen molar-refractivity contribution in [3.05, 3.63) is 35.5 Å². The first-order chi connectivity index (χ1) is 12.2. The summed E-state index contributed by atoms with van der Waals surface area (Å²) in [5.41, 5.74) is 3.92. The maximum atomic E-state index is 13.1. The second-order valence-corrected chi connectivity index (χ2v) is 7.33. The maximum Gasteiger partial charge on any atom is 0.275 e. The van der Waals surface area contributed by atoms with Gasteiger partial charge in [-0.3, -0.25) is 14.8 Å². The van der Waals surface area contributed by atoms with Crippen LogP contribution in [0.1, 0.15) is 28.9 Å². The number of likely N-dealkylation sites (N-methyl/N-ethyl adjacent to an activating group) is 1. The molecule has 2 bridgehead atoms. The molecule has 2 saturated heterocycles. The first-order valence-electron chi connectivity index (χ1n) is 8.97. The van der Waals surface area contributed by atoms with Gasteiger partial charge >= 0.3 is 0 Å². The first-order valence-corrected chi connectivity index (χ1v) is 8.97. The third-order valence-corrected chi connectivity index (χ3v) is 5.87. The van der Waals surface area contributed by atoms with Crippen molar-refractivity contribution < 1.29 is 9.53 Å².